The van der Waals surface area contributed by atoms with Crippen molar-refractivity contribution in [1.82, 2.24) is 24.6 Å². The average molecular weight is 317 g/mol. The first-order valence-corrected chi connectivity index (χ1v) is 6.32. The van der Waals surface area contributed by atoms with Crippen molar-refractivity contribution in [3.05, 3.63) is 35.7 Å². The third-order valence-corrected chi connectivity index (χ3v) is 2.94. The lowest BCUT2D eigenvalue weighted by Crippen LogP contribution is -2.34. The predicted octanol–water partition coefficient (Wildman–Crippen LogP) is 0.797. The molecule has 0 aliphatic heterocycles. The summed E-state index contributed by atoms with van der Waals surface area (Å²) in [6.45, 7) is -0.318. The van der Waals surface area contributed by atoms with E-state index in [0.29, 0.717) is 11.9 Å². The molecule has 22 heavy (non-hydrogen) atoms. The number of hydrogen-bond acceptors (Lipinski definition) is 4. The number of aromatic amines is 1. The van der Waals surface area contributed by atoms with Crippen molar-refractivity contribution in [2.45, 2.75) is 12.7 Å². The minimum atomic E-state index is -4.63. The third-order valence-electron chi connectivity index (χ3n) is 2.94. The topological polar surface area (TPSA) is 87.0 Å². The maximum Gasteiger partial charge on any atom is 0.435 e. The molecule has 0 bridgehead atoms. The Hall–Kier alpha value is -2.36. The van der Waals surface area contributed by atoms with Gasteiger partial charge in [0, 0.05) is 32.1 Å². The Morgan fingerprint density at radius 3 is 2.73 bits per heavy atom. The van der Waals surface area contributed by atoms with Crippen LogP contribution in [0.1, 0.15) is 22.0 Å². The van der Waals surface area contributed by atoms with E-state index >= 15 is 0 Å². The number of aromatic nitrogens is 4. The van der Waals surface area contributed by atoms with Crippen LogP contribution in [0.15, 0.2) is 18.5 Å². The van der Waals surface area contributed by atoms with Gasteiger partial charge in [0.05, 0.1) is 13.2 Å². The van der Waals surface area contributed by atoms with Crippen molar-refractivity contribution in [3.8, 4) is 0 Å². The number of nitrogens with zero attached hydrogens (tertiary/aromatic N) is 4. The van der Waals surface area contributed by atoms with Gasteiger partial charge < -0.3 is 15.0 Å². The van der Waals surface area contributed by atoms with Crippen molar-refractivity contribution < 1.29 is 23.1 Å². The summed E-state index contributed by atoms with van der Waals surface area (Å²) in [5.74, 6) is -0.212. The van der Waals surface area contributed by atoms with Crippen LogP contribution in [0.4, 0.5) is 13.2 Å². The van der Waals surface area contributed by atoms with Gasteiger partial charge in [-0.15, -0.1) is 0 Å². The normalized spacial score (nSPS) is 11.7. The molecular formula is C12H14F3N5O2. The number of H-pyrrole nitrogens is 1. The molecule has 0 unspecified atom stereocenters. The minimum Gasteiger partial charge on any atom is -0.395 e. The van der Waals surface area contributed by atoms with Gasteiger partial charge in [0.15, 0.2) is 5.69 Å². The van der Waals surface area contributed by atoms with E-state index in [9.17, 15) is 18.0 Å². The maximum atomic E-state index is 12.6. The number of imidazole rings is 1. The number of nitrogens with one attached hydrogen (secondary N) is 1. The monoisotopic (exact) mass is 317 g/mol. The van der Waals surface area contributed by atoms with Crippen LogP contribution in [-0.2, 0) is 19.8 Å². The molecule has 2 N–H and O–H groups in total. The van der Waals surface area contributed by atoms with Gasteiger partial charge in [0.1, 0.15) is 11.5 Å². The molecular weight excluding hydrogens is 303 g/mol. The summed E-state index contributed by atoms with van der Waals surface area (Å²) >= 11 is 0. The van der Waals surface area contributed by atoms with Crippen LogP contribution < -0.4 is 0 Å². The lowest BCUT2D eigenvalue weighted by molar-refractivity contribution is -0.141. The highest BCUT2D eigenvalue weighted by molar-refractivity contribution is 5.92. The lowest BCUT2D eigenvalue weighted by Gasteiger charge is -2.20. The van der Waals surface area contributed by atoms with E-state index in [2.05, 4.69) is 15.1 Å². The second kappa shape index (κ2) is 6.18. The first kappa shape index (κ1) is 16.0. The predicted molar refractivity (Wildman–Crippen MR) is 68.6 cm³/mol. The number of halogens is 3. The second-order valence-corrected chi connectivity index (χ2v) is 4.52. The van der Waals surface area contributed by atoms with E-state index in [0.717, 1.165) is 4.68 Å². The van der Waals surface area contributed by atoms with Crippen molar-refractivity contribution in [2.75, 3.05) is 13.2 Å². The maximum absolute atomic E-state index is 12.6. The van der Waals surface area contributed by atoms with Crippen molar-refractivity contribution in [1.29, 1.82) is 0 Å². The second-order valence-electron chi connectivity index (χ2n) is 4.52. The van der Waals surface area contributed by atoms with Crippen LogP contribution in [-0.4, -0.2) is 48.8 Å². The van der Waals surface area contributed by atoms with E-state index in [1.54, 1.807) is 6.20 Å². The summed E-state index contributed by atoms with van der Waals surface area (Å²) in [6.07, 6.45) is -1.58. The molecule has 2 aromatic heterocycles. The highest BCUT2D eigenvalue weighted by atomic mass is 19.4. The van der Waals surface area contributed by atoms with E-state index in [-0.39, 0.29) is 25.4 Å². The fourth-order valence-electron chi connectivity index (χ4n) is 1.91. The third kappa shape index (κ3) is 3.45. The molecule has 0 saturated carbocycles. The number of carbonyl (C=O) groups excluding carboxylic acids is 1. The van der Waals surface area contributed by atoms with Gasteiger partial charge in [-0.3, -0.25) is 9.48 Å². The average Bonchev–Trinajstić information content (AvgIpc) is 3.06. The lowest BCUT2D eigenvalue weighted by atomic mass is 10.3. The minimum absolute atomic E-state index is 0.0357. The number of aliphatic hydroxyl groups excluding tert-OH is 1. The molecule has 10 heteroatoms. The van der Waals surface area contributed by atoms with E-state index in [4.69, 9.17) is 5.11 Å². The molecule has 0 saturated heterocycles. The SMILES string of the molecule is Cn1nc(C(F)(F)F)cc1C(=O)N(CCO)Cc1ncc[nH]1. The molecule has 2 heterocycles. The van der Waals surface area contributed by atoms with Gasteiger partial charge in [-0.2, -0.15) is 18.3 Å². The molecule has 7 nitrogen and oxygen atoms in total. The van der Waals surface area contributed by atoms with Gasteiger partial charge in [0.2, 0.25) is 0 Å². The van der Waals surface area contributed by atoms with Crippen LogP contribution in [0.25, 0.3) is 0 Å². The van der Waals surface area contributed by atoms with Crippen LogP contribution in [0.2, 0.25) is 0 Å². The summed E-state index contributed by atoms with van der Waals surface area (Å²) in [6, 6.07) is 0.689. The first-order valence-electron chi connectivity index (χ1n) is 6.32. The summed E-state index contributed by atoms with van der Waals surface area (Å²) in [5, 5.41) is 12.3. The van der Waals surface area contributed by atoms with E-state index < -0.39 is 17.8 Å². The zero-order valence-corrected chi connectivity index (χ0v) is 11.6. The molecule has 0 atom stereocenters. The van der Waals surface area contributed by atoms with Crippen molar-refractivity contribution >= 4 is 5.91 Å². The molecule has 120 valence electrons. The van der Waals surface area contributed by atoms with Crippen molar-refractivity contribution in [3.63, 3.8) is 0 Å². The Bertz CT molecular complexity index is 636. The highest BCUT2D eigenvalue weighted by Crippen LogP contribution is 2.28. The molecule has 2 aromatic rings. The zero-order chi connectivity index (χ0) is 16.3. The molecule has 0 radical (unpaired) electrons. The van der Waals surface area contributed by atoms with Gasteiger partial charge in [-0.25, -0.2) is 4.98 Å². The Kier molecular flexibility index (Phi) is 4.50. The number of hydrogen-bond donors (Lipinski definition) is 2. The molecule has 0 aromatic carbocycles. The summed E-state index contributed by atoms with van der Waals surface area (Å²) in [5.41, 5.74) is -1.35. The van der Waals surface area contributed by atoms with Gasteiger partial charge >= 0.3 is 6.18 Å². The number of aryl methyl sites for hydroxylation is 1. The number of alkyl halides is 3. The van der Waals surface area contributed by atoms with Crippen molar-refractivity contribution in [2.24, 2.45) is 7.05 Å². The first-order chi connectivity index (χ1) is 10.3. The Morgan fingerprint density at radius 1 is 1.50 bits per heavy atom. The molecule has 0 spiro atoms. The van der Waals surface area contributed by atoms with Gasteiger partial charge in [0.25, 0.3) is 5.91 Å². The molecule has 0 aliphatic carbocycles. The number of rotatable bonds is 5. The fraction of sp³-hybridized carbons (Fsp3) is 0.417. The molecule has 0 fully saturated rings. The Labute approximate surface area is 123 Å². The zero-order valence-electron chi connectivity index (χ0n) is 11.6. The van der Waals surface area contributed by atoms with Gasteiger partial charge in [-0.1, -0.05) is 0 Å². The number of carbonyl (C=O) groups is 1. The fourth-order valence-corrected chi connectivity index (χ4v) is 1.91. The highest BCUT2D eigenvalue weighted by Gasteiger charge is 2.36. The van der Waals surface area contributed by atoms with Crippen LogP contribution in [0.3, 0.4) is 0 Å². The number of aliphatic hydroxyl groups is 1. The summed E-state index contributed by atoms with van der Waals surface area (Å²) < 4.78 is 38.8. The standard InChI is InChI=1S/C12H14F3N5O2/c1-19-8(6-9(18-19)12(13,14)15)11(22)20(4-5-21)7-10-16-2-3-17-10/h2-3,6,21H,4-5,7H2,1H3,(H,16,17). The van der Waals surface area contributed by atoms with Crippen LogP contribution in [0, 0.1) is 0 Å². The van der Waals surface area contributed by atoms with Crippen LogP contribution >= 0.6 is 0 Å². The van der Waals surface area contributed by atoms with Crippen LogP contribution in [0.5, 0.6) is 0 Å². The largest absolute Gasteiger partial charge is 0.435 e. The summed E-state index contributed by atoms with van der Waals surface area (Å²) in [4.78, 5) is 20.3. The van der Waals surface area contributed by atoms with E-state index in [1.807, 2.05) is 0 Å². The molecule has 0 aliphatic rings. The summed E-state index contributed by atoms with van der Waals surface area (Å²) in [7, 11) is 1.26. The van der Waals surface area contributed by atoms with E-state index in [1.165, 1.54) is 18.1 Å². The molecule has 1 amide bonds. The van der Waals surface area contributed by atoms with Gasteiger partial charge in [-0.05, 0) is 0 Å². The Balaban J connectivity index is 2.25. The smallest absolute Gasteiger partial charge is 0.395 e. The Morgan fingerprint density at radius 2 is 2.23 bits per heavy atom. The number of amides is 1. The molecule has 2 rings (SSSR count). The quantitative estimate of drug-likeness (QED) is 0.854.